The number of hydrogen-bond acceptors (Lipinski definition) is 6. The molecule has 126 valence electrons. The lowest BCUT2D eigenvalue weighted by atomic mass is 10.0. The van der Waals surface area contributed by atoms with E-state index in [0.717, 1.165) is 23.9 Å². The van der Waals surface area contributed by atoms with Gasteiger partial charge in [-0.1, -0.05) is 6.08 Å². The van der Waals surface area contributed by atoms with E-state index in [4.69, 9.17) is 9.84 Å². The zero-order chi connectivity index (χ0) is 16.9. The minimum atomic E-state index is -0.231. The van der Waals surface area contributed by atoms with Crippen LogP contribution in [-0.2, 0) is 4.79 Å². The van der Waals surface area contributed by atoms with E-state index in [2.05, 4.69) is 20.2 Å². The normalized spacial score (nSPS) is 17.8. The SMILES string of the molecule is COc1cc2ncncc2cc1NC(=O)/C=C/CN1CCC1CO. The van der Waals surface area contributed by atoms with Crippen LogP contribution in [0.25, 0.3) is 10.9 Å². The largest absolute Gasteiger partial charge is 0.494 e. The van der Waals surface area contributed by atoms with E-state index >= 15 is 0 Å². The number of nitrogens with zero attached hydrogens (tertiary/aromatic N) is 3. The third kappa shape index (κ3) is 3.52. The molecular weight excluding hydrogens is 308 g/mol. The van der Waals surface area contributed by atoms with E-state index in [1.165, 1.54) is 12.4 Å². The van der Waals surface area contributed by atoms with Gasteiger partial charge in [0.1, 0.15) is 12.1 Å². The maximum atomic E-state index is 12.1. The Morgan fingerprint density at radius 2 is 2.42 bits per heavy atom. The van der Waals surface area contributed by atoms with Crippen LogP contribution in [0.2, 0.25) is 0 Å². The van der Waals surface area contributed by atoms with E-state index in [0.29, 0.717) is 18.0 Å². The molecule has 3 rings (SSSR count). The molecule has 1 saturated heterocycles. The van der Waals surface area contributed by atoms with Gasteiger partial charge in [0.05, 0.1) is 24.9 Å². The maximum Gasteiger partial charge on any atom is 0.248 e. The molecule has 7 nitrogen and oxygen atoms in total. The first-order valence-electron chi connectivity index (χ1n) is 7.81. The van der Waals surface area contributed by atoms with Crippen LogP contribution in [0.4, 0.5) is 5.69 Å². The molecule has 0 radical (unpaired) electrons. The van der Waals surface area contributed by atoms with Crippen molar-refractivity contribution in [2.24, 2.45) is 0 Å². The monoisotopic (exact) mass is 328 g/mol. The number of likely N-dealkylation sites (tertiary alicyclic amines) is 1. The van der Waals surface area contributed by atoms with Crippen molar-refractivity contribution >= 4 is 22.5 Å². The van der Waals surface area contributed by atoms with Crippen LogP contribution in [0, 0.1) is 0 Å². The number of aromatic nitrogens is 2. The Labute approximate surface area is 140 Å². The topological polar surface area (TPSA) is 87.6 Å². The summed E-state index contributed by atoms with van der Waals surface area (Å²) < 4.78 is 5.32. The molecule has 0 aliphatic carbocycles. The molecule has 1 aromatic carbocycles. The van der Waals surface area contributed by atoms with Crippen molar-refractivity contribution in [3.8, 4) is 5.75 Å². The van der Waals surface area contributed by atoms with Crippen LogP contribution in [0.1, 0.15) is 6.42 Å². The number of nitrogens with one attached hydrogen (secondary N) is 1. The van der Waals surface area contributed by atoms with Gasteiger partial charge >= 0.3 is 0 Å². The number of methoxy groups -OCH3 is 1. The third-order valence-corrected chi connectivity index (χ3v) is 4.17. The van der Waals surface area contributed by atoms with Gasteiger partial charge in [-0.25, -0.2) is 9.97 Å². The molecule has 7 heteroatoms. The Morgan fingerprint density at radius 3 is 3.12 bits per heavy atom. The molecule has 0 spiro atoms. The fourth-order valence-electron chi connectivity index (χ4n) is 2.69. The average Bonchev–Trinajstić information content (AvgIpc) is 2.57. The number of rotatable bonds is 6. The van der Waals surface area contributed by atoms with E-state index < -0.39 is 0 Å². The Morgan fingerprint density at radius 1 is 1.54 bits per heavy atom. The van der Waals surface area contributed by atoms with Crippen LogP contribution < -0.4 is 10.1 Å². The van der Waals surface area contributed by atoms with Gasteiger partial charge in [0.25, 0.3) is 0 Å². The number of anilines is 1. The Balaban J connectivity index is 1.66. The van der Waals surface area contributed by atoms with Gasteiger partial charge in [-0.2, -0.15) is 0 Å². The first-order valence-corrected chi connectivity index (χ1v) is 7.81. The molecule has 2 aromatic rings. The number of ether oxygens (including phenoxy) is 1. The number of fused-ring (bicyclic) bond motifs is 1. The second kappa shape index (κ2) is 7.37. The summed E-state index contributed by atoms with van der Waals surface area (Å²) in [4.78, 5) is 22.4. The molecule has 1 aliphatic heterocycles. The van der Waals surface area contributed by atoms with Gasteiger partial charge in [0.2, 0.25) is 5.91 Å². The second-order valence-electron chi connectivity index (χ2n) is 5.65. The van der Waals surface area contributed by atoms with Crippen LogP contribution in [0.3, 0.4) is 0 Å². The van der Waals surface area contributed by atoms with Crippen LogP contribution in [0.5, 0.6) is 5.75 Å². The van der Waals surface area contributed by atoms with Gasteiger partial charge in [-0.3, -0.25) is 9.69 Å². The fourth-order valence-corrected chi connectivity index (χ4v) is 2.69. The summed E-state index contributed by atoms with van der Waals surface area (Å²) in [6.07, 6.45) is 7.46. The van der Waals surface area contributed by atoms with E-state index in [9.17, 15) is 4.79 Å². The molecule has 24 heavy (non-hydrogen) atoms. The van der Waals surface area contributed by atoms with Crippen molar-refractivity contribution in [2.75, 3.05) is 32.1 Å². The van der Waals surface area contributed by atoms with Gasteiger partial charge in [0.15, 0.2) is 0 Å². The van der Waals surface area contributed by atoms with Gasteiger partial charge < -0.3 is 15.2 Å². The summed E-state index contributed by atoms with van der Waals surface area (Å²) in [5.41, 5.74) is 1.33. The fraction of sp³-hybridized carbons (Fsp3) is 0.353. The van der Waals surface area contributed by atoms with Crippen molar-refractivity contribution < 1.29 is 14.6 Å². The van der Waals surface area contributed by atoms with Crippen molar-refractivity contribution in [3.05, 3.63) is 36.8 Å². The second-order valence-corrected chi connectivity index (χ2v) is 5.65. The molecule has 1 amide bonds. The highest BCUT2D eigenvalue weighted by atomic mass is 16.5. The Kier molecular flexibility index (Phi) is 5.02. The lowest BCUT2D eigenvalue weighted by molar-refractivity contribution is -0.111. The zero-order valence-corrected chi connectivity index (χ0v) is 13.5. The highest BCUT2D eigenvalue weighted by molar-refractivity contribution is 6.02. The maximum absolute atomic E-state index is 12.1. The lowest BCUT2D eigenvalue weighted by Gasteiger charge is -2.39. The summed E-state index contributed by atoms with van der Waals surface area (Å²) in [5.74, 6) is 0.316. The molecule has 1 atom stereocenters. The minimum Gasteiger partial charge on any atom is -0.494 e. The highest BCUT2D eigenvalue weighted by Crippen LogP contribution is 2.28. The number of carbonyl (C=O) groups excluding carboxylic acids is 1. The molecular formula is C17H20N4O3. The summed E-state index contributed by atoms with van der Waals surface area (Å²) in [6, 6.07) is 3.78. The quantitative estimate of drug-likeness (QED) is 0.775. The highest BCUT2D eigenvalue weighted by Gasteiger charge is 2.25. The molecule has 1 aliphatic rings. The minimum absolute atomic E-state index is 0.163. The summed E-state index contributed by atoms with van der Waals surface area (Å²) in [5, 5.41) is 12.8. The van der Waals surface area contributed by atoms with Crippen molar-refractivity contribution in [1.29, 1.82) is 0 Å². The van der Waals surface area contributed by atoms with Crippen molar-refractivity contribution in [3.63, 3.8) is 0 Å². The van der Waals surface area contributed by atoms with Crippen molar-refractivity contribution in [1.82, 2.24) is 14.9 Å². The summed E-state index contributed by atoms with van der Waals surface area (Å²) in [6.45, 7) is 1.77. The molecule has 2 heterocycles. The molecule has 1 aromatic heterocycles. The van der Waals surface area contributed by atoms with Crippen molar-refractivity contribution in [2.45, 2.75) is 12.5 Å². The molecule has 0 saturated carbocycles. The zero-order valence-electron chi connectivity index (χ0n) is 13.5. The van der Waals surface area contributed by atoms with Gasteiger partial charge in [0, 0.05) is 42.9 Å². The number of hydrogen-bond donors (Lipinski definition) is 2. The summed E-state index contributed by atoms with van der Waals surface area (Å²) in [7, 11) is 1.55. The van der Waals surface area contributed by atoms with E-state index in [1.807, 2.05) is 0 Å². The Bertz CT molecular complexity index is 761. The van der Waals surface area contributed by atoms with Gasteiger partial charge in [-0.05, 0) is 12.5 Å². The van der Waals surface area contributed by atoms with Gasteiger partial charge in [-0.15, -0.1) is 0 Å². The number of carbonyl (C=O) groups is 1. The molecule has 0 bridgehead atoms. The number of aliphatic hydroxyl groups is 1. The Hall–Kier alpha value is -2.51. The van der Waals surface area contributed by atoms with E-state index in [1.54, 1.807) is 31.5 Å². The van der Waals surface area contributed by atoms with Crippen LogP contribution in [0.15, 0.2) is 36.8 Å². The smallest absolute Gasteiger partial charge is 0.248 e. The first-order chi connectivity index (χ1) is 11.7. The van der Waals surface area contributed by atoms with E-state index in [-0.39, 0.29) is 18.6 Å². The third-order valence-electron chi connectivity index (χ3n) is 4.17. The van der Waals surface area contributed by atoms with Crippen LogP contribution >= 0.6 is 0 Å². The number of aliphatic hydroxyl groups excluding tert-OH is 1. The average molecular weight is 328 g/mol. The standard InChI is InChI=1S/C17H20N4O3/c1-24-16-8-14-12(9-18-11-19-14)7-15(16)20-17(23)3-2-5-21-6-4-13(21)10-22/h2-3,7-9,11,13,22H,4-6,10H2,1H3,(H,20,23)/b3-2+. The predicted octanol–water partition coefficient (Wildman–Crippen LogP) is 1.20. The molecule has 1 fully saturated rings. The molecule has 1 unspecified atom stereocenters. The molecule has 2 N–H and O–H groups in total. The lowest BCUT2D eigenvalue weighted by Crippen LogP contribution is -2.49. The number of amides is 1. The predicted molar refractivity (Wildman–Crippen MR) is 90.9 cm³/mol. The first kappa shape index (κ1) is 16.4. The summed E-state index contributed by atoms with van der Waals surface area (Å²) >= 11 is 0. The number of benzene rings is 1. The van der Waals surface area contributed by atoms with Crippen LogP contribution in [-0.4, -0.2) is 58.7 Å².